The third-order valence-electron chi connectivity index (χ3n) is 13.8. The second-order valence-corrected chi connectivity index (χ2v) is 16.8. The molecule has 4 aliphatic rings. The molecule has 0 aromatic carbocycles. The number of carboxylic acid groups (broad SMARTS) is 1. The number of hydrogen-bond acceptors (Lipinski definition) is 8. The van der Waals surface area contributed by atoms with Gasteiger partial charge in [-0.3, -0.25) is 9.59 Å². The van der Waals surface area contributed by atoms with Crippen LogP contribution in [0, 0.1) is 45.8 Å². The smallest absolute Gasteiger partial charge is 0.303 e. The molecule has 47 heavy (non-hydrogen) atoms. The summed E-state index contributed by atoms with van der Waals surface area (Å²) >= 11 is 0. The first-order valence-electron chi connectivity index (χ1n) is 17.8. The van der Waals surface area contributed by atoms with Crippen molar-refractivity contribution in [1.82, 2.24) is 0 Å². The van der Waals surface area contributed by atoms with Crippen LogP contribution in [-0.4, -0.2) is 75.3 Å². The van der Waals surface area contributed by atoms with Crippen LogP contribution in [0.3, 0.4) is 0 Å². The highest BCUT2D eigenvalue weighted by Gasteiger charge is 2.70. The first-order valence-corrected chi connectivity index (χ1v) is 17.8. The van der Waals surface area contributed by atoms with Crippen molar-refractivity contribution >= 4 is 11.9 Å². The second kappa shape index (κ2) is 13.9. The first kappa shape index (κ1) is 38.0. The van der Waals surface area contributed by atoms with Crippen LogP contribution in [0.2, 0.25) is 0 Å². The predicted molar refractivity (Wildman–Crippen MR) is 179 cm³/mol. The van der Waals surface area contributed by atoms with Crippen molar-refractivity contribution in [2.24, 2.45) is 45.8 Å². The lowest BCUT2D eigenvalue weighted by Crippen LogP contribution is -2.64. The van der Waals surface area contributed by atoms with Gasteiger partial charge in [-0.2, -0.15) is 0 Å². The van der Waals surface area contributed by atoms with E-state index in [0.717, 1.165) is 36.8 Å². The summed E-state index contributed by atoms with van der Waals surface area (Å²) < 4.78 is 18.5. The molecule has 9 heteroatoms. The molecule has 4 fully saturated rings. The van der Waals surface area contributed by atoms with Crippen LogP contribution >= 0.6 is 0 Å². The van der Waals surface area contributed by atoms with Crippen molar-refractivity contribution in [1.29, 1.82) is 0 Å². The molecule has 0 unspecified atom stereocenters. The van der Waals surface area contributed by atoms with E-state index in [-0.39, 0.29) is 46.3 Å². The fourth-order valence-corrected chi connectivity index (χ4v) is 10.8. The van der Waals surface area contributed by atoms with Crippen LogP contribution in [-0.2, 0) is 23.8 Å². The van der Waals surface area contributed by atoms with E-state index in [0.29, 0.717) is 31.6 Å². The lowest BCUT2D eigenvalue weighted by molar-refractivity contribution is -0.271. The highest BCUT2D eigenvalue weighted by molar-refractivity contribution is 5.67. The van der Waals surface area contributed by atoms with Crippen molar-refractivity contribution in [3.8, 4) is 0 Å². The van der Waals surface area contributed by atoms with Gasteiger partial charge < -0.3 is 34.6 Å². The Labute approximate surface area is 282 Å². The number of allylic oxidation sites excluding steroid dienone is 2. The van der Waals surface area contributed by atoms with E-state index >= 15 is 0 Å². The molecule has 0 radical (unpaired) electrons. The molecule has 0 amide bonds. The van der Waals surface area contributed by atoms with Gasteiger partial charge >= 0.3 is 11.9 Å². The highest BCUT2D eigenvalue weighted by atomic mass is 16.7. The average molecular weight is 663 g/mol. The molecular weight excluding hydrogens is 600 g/mol. The number of aliphatic carboxylic acids is 1. The van der Waals surface area contributed by atoms with Gasteiger partial charge in [0, 0.05) is 13.3 Å². The van der Waals surface area contributed by atoms with Gasteiger partial charge in [-0.25, -0.2) is 0 Å². The lowest BCUT2D eigenvalue weighted by atomic mass is 9.37. The van der Waals surface area contributed by atoms with Crippen molar-refractivity contribution < 1.29 is 44.2 Å². The zero-order valence-electron chi connectivity index (χ0n) is 30.1. The van der Waals surface area contributed by atoms with Gasteiger partial charge in [-0.05, 0) is 111 Å². The van der Waals surface area contributed by atoms with Gasteiger partial charge in [-0.1, -0.05) is 58.9 Å². The van der Waals surface area contributed by atoms with E-state index in [1.54, 1.807) is 0 Å². The quantitative estimate of drug-likeness (QED) is 0.137. The van der Waals surface area contributed by atoms with Gasteiger partial charge in [0.15, 0.2) is 12.4 Å². The molecule has 268 valence electrons. The summed E-state index contributed by atoms with van der Waals surface area (Å²) in [6.07, 6.45) is 1.09. The van der Waals surface area contributed by atoms with Gasteiger partial charge in [0.25, 0.3) is 0 Å². The molecule has 3 saturated carbocycles. The number of esters is 1. The fourth-order valence-electron chi connectivity index (χ4n) is 10.8. The number of carbonyl (C=O) groups is 2. The molecule has 9 nitrogen and oxygen atoms in total. The normalized spacial score (nSPS) is 42.8. The minimum absolute atomic E-state index is 0.0558. The summed E-state index contributed by atoms with van der Waals surface area (Å²) in [5.74, 6) is -1.09. The molecule has 4 N–H and O–H groups in total. The molecule has 3 aliphatic carbocycles. The Bertz CT molecular complexity index is 1200. The Morgan fingerprint density at radius 1 is 1.06 bits per heavy atom. The number of fused-ring (bicyclic) bond motifs is 3. The Kier molecular flexibility index (Phi) is 11.2. The summed E-state index contributed by atoms with van der Waals surface area (Å²) in [6.45, 7) is 24.6. The van der Waals surface area contributed by atoms with E-state index in [9.17, 15) is 30.0 Å². The van der Waals surface area contributed by atoms with Crippen LogP contribution in [0.4, 0.5) is 0 Å². The second-order valence-electron chi connectivity index (χ2n) is 16.8. The lowest BCUT2D eigenvalue weighted by Gasteiger charge is -2.68. The van der Waals surface area contributed by atoms with Crippen molar-refractivity contribution in [2.75, 3.05) is 6.61 Å². The highest BCUT2D eigenvalue weighted by Crippen LogP contribution is 2.74. The number of carboxylic acids is 1. The topological polar surface area (TPSA) is 143 Å². The third kappa shape index (κ3) is 6.86. The van der Waals surface area contributed by atoms with Gasteiger partial charge in [0.05, 0.1) is 18.3 Å². The number of ether oxygens (including phenoxy) is 3. The van der Waals surface area contributed by atoms with Crippen LogP contribution in [0.15, 0.2) is 24.3 Å². The van der Waals surface area contributed by atoms with Crippen LogP contribution in [0.5, 0.6) is 0 Å². The number of aliphatic hydroxyl groups excluding tert-OH is 2. The van der Waals surface area contributed by atoms with E-state index in [4.69, 9.17) is 14.2 Å². The molecule has 0 spiro atoms. The summed E-state index contributed by atoms with van der Waals surface area (Å²) in [7, 11) is 0. The molecule has 13 atom stereocenters. The molecular formula is C38H62O9. The molecule has 0 bridgehead atoms. The Morgan fingerprint density at radius 3 is 2.26 bits per heavy atom. The molecule has 0 aromatic rings. The minimum Gasteiger partial charge on any atom is -0.481 e. The monoisotopic (exact) mass is 662 g/mol. The Balaban J connectivity index is 1.81. The van der Waals surface area contributed by atoms with Crippen LogP contribution in [0.25, 0.3) is 0 Å². The standard InChI is InChI=1S/C38H62O9/c1-21(2)23(5)11-18-38(10,44)26-13-17-37(9)31(26)27(46-34-33(45-24(6)40)32(43)28(20-39)47-34)19-29-35(7,15-14-30(41)42)25(22(3)4)12-16-36(29,37)8/h21,25-29,31-34,39,43-44H,3,5,11-20H2,1-2,4,6-10H3,(H,41,42)/t25-,26-,27+,28-,29+,31-,32-,33+,34+,35-,36+,37+,38-/m0/s1. The maximum atomic E-state index is 12.3. The van der Waals surface area contributed by atoms with Gasteiger partial charge in [-0.15, -0.1) is 0 Å². The van der Waals surface area contributed by atoms with Crippen molar-refractivity contribution in [3.63, 3.8) is 0 Å². The van der Waals surface area contributed by atoms with E-state index in [2.05, 4.69) is 47.8 Å². The zero-order chi connectivity index (χ0) is 35.3. The summed E-state index contributed by atoms with van der Waals surface area (Å²) in [4.78, 5) is 24.1. The molecule has 1 aliphatic heterocycles. The SMILES string of the molecule is C=C(CC[C@](C)(O)[C@H]1CC[C@]2(C)[C@@H]1[C@H](O[C@@H]1O[C@@H](CO)[C@H](O)[C@H]1OC(C)=O)C[C@@H]1[C@@](C)(CCC(=O)O)[C@H](C(=C)C)CC[C@]12C)C(C)C. The van der Waals surface area contributed by atoms with Gasteiger partial charge in [0.2, 0.25) is 0 Å². The molecule has 1 saturated heterocycles. The molecule has 1 heterocycles. The molecule has 4 rings (SSSR count). The Hall–Kier alpha value is -1.78. The molecule has 0 aromatic heterocycles. The van der Waals surface area contributed by atoms with Crippen molar-refractivity contribution in [2.45, 2.75) is 149 Å². The Morgan fingerprint density at radius 2 is 1.70 bits per heavy atom. The maximum absolute atomic E-state index is 12.3. The largest absolute Gasteiger partial charge is 0.481 e. The minimum atomic E-state index is -1.26. The van der Waals surface area contributed by atoms with Crippen LogP contribution < -0.4 is 0 Å². The maximum Gasteiger partial charge on any atom is 0.303 e. The first-order chi connectivity index (χ1) is 21.7. The van der Waals surface area contributed by atoms with E-state index < -0.39 is 54.9 Å². The summed E-state index contributed by atoms with van der Waals surface area (Å²) in [6, 6.07) is 0. The number of carbonyl (C=O) groups excluding carboxylic acids is 1. The van der Waals surface area contributed by atoms with Crippen LogP contribution in [0.1, 0.15) is 113 Å². The summed E-state index contributed by atoms with van der Waals surface area (Å²) in [5, 5.41) is 43.0. The summed E-state index contributed by atoms with van der Waals surface area (Å²) in [5.41, 5.74) is 0.327. The van der Waals surface area contributed by atoms with E-state index in [1.807, 2.05) is 13.8 Å². The third-order valence-corrected chi connectivity index (χ3v) is 13.8. The number of aliphatic hydroxyl groups is 3. The van der Waals surface area contributed by atoms with E-state index in [1.165, 1.54) is 6.92 Å². The van der Waals surface area contributed by atoms with Gasteiger partial charge in [0.1, 0.15) is 12.2 Å². The predicted octanol–water partition coefficient (Wildman–Crippen LogP) is 6.04. The average Bonchev–Trinajstić information content (AvgIpc) is 3.49. The number of rotatable bonds is 13. The number of hydrogen-bond donors (Lipinski definition) is 4. The van der Waals surface area contributed by atoms with Crippen molar-refractivity contribution in [3.05, 3.63) is 24.3 Å². The zero-order valence-corrected chi connectivity index (χ0v) is 30.1. The fraction of sp³-hybridized carbons (Fsp3) is 0.842.